The number of thiazole rings is 1. The van der Waals surface area contributed by atoms with Gasteiger partial charge < -0.3 is 5.32 Å². The third-order valence-electron chi connectivity index (χ3n) is 3.15. The molecule has 1 amide bonds. The van der Waals surface area contributed by atoms with Gasteiger partial charge in [-0.25, -0.2) is 4.98 Å². The van der Waals surface area contributed by atoms with E-state index in [1.165, 1.54) is 18.3 Å². The summed E-state index contributed by atoms with van der Waals surface area (Å²) in [6, 6.07) is 9.56. The maximum Gasteiger partial charge on any atom is 0.236 e. The molecule has 0 unspecified atom stereocenters. The van der Waals surface area contributed by atoms with E-state index in [2.05, 4.69) is 10.3 Å². The number of aromatic nitrogens is 1. The smallest absolute Gasteiger partial charge is 0.236 e. The second kappa shape index (κ2) is 5.54. The molecule has 0 aliphatic rings. The summed E-state index contributed by atoms with van der Waals surface area (Å²) < 4.78 is 0. The van der Waals surface area contributed by atoms with Gasteiger partial charge >= 0.3 is 0 Å². The van der Waals surface area contributed by atoms with E-state index in [1.807, 2.05) is 44.2 Å². The molecule has 0 bridgehead atoms. The van der Waals surface area contributed by atoms with E-state index >= 15 is 0 Å². The summed E-state index contributed by atoms with van der Waals surface area (Å²) in [6.45, 7) is 5.17. The average Bonchev–Trinajstić information content (AvgIpc) is 2.88. The first-order valence-corrected chi connectivity index (χ1v) is 7.12. The van der Waals surface area contributed by atoms with Gasteiger partial charge in [0.25, 0.3) is 0 Å². The Balaban J connectivity index is 2.16. The first-order chi connectivity index (χ1) is 9.41. The van der Waals surface area contributed by atoms with Crippen LogP contribution in [0.4, 0.5) is 5.13 Å². The molecule has 1 heterocycles. The Morgan fingerprint density at radius 1 is 1.20 bits per heavy atom. The van der Waals surface area contributed by atoms with Crippen molar-refractivity contribution in [1.82, 2.24) is 4.98 Å². The van der Waals surface area contributed by atoms with Crippen molar-refractivity contribution < 1.29 is 9.59 Å². The maximum atomic E-state index is 12.4. The van der Waals surface area contributed by atoms with Crippen LogP contribution in [0.5, 0.6) is 0 Å². The van der Waals surface area contributed by atoms with Gasteiger partial charge in [-0.1, -0.05) is 30.3 Å². The lowest BCUT2D eigenvalue weighted by atomic mass is 9.84. The Morgan fingerprint density at radius 3 is 2.40 bits per heavy atom. The fourth-order valence-electron chi connectivity index (χ4n) is 1.73. The number of rotatable bonds is 4. The Kier molecular flexibility index (Phi) is 3.99. The van der Waals surface area contributed by atoms with Crippen LogP contribution < -0.4 is 5.32 Å². The highest BCUT2D eigenvalue weighted by atomic mass is 32.1. The van der Waals surface area contributed by atoms with Crippen molar-refractivity contribution in [2.75, 3.05) is 5.32 Å². The number of nitrogens with zero attached hydrogens (tertiary/aromatic N) is 1. The van der Waals surface area contributed by atoms with E-state index in [-0.39, 0.29) is 11.7 Å². The van der Waals surface area contributed by atoms with Crippen LogP contribution in [0.3, 0.4) is 0 Å². The minimum atomic E-state index is -0.663. The van der Waals surface area contributed by atoms with Crippen molar-refractivity contribution in [2.24, 2.45) is 0 Å². The molecule has 0 saturated carbocycles. The van der Waals surface area contributed by atoms with Crippen LogP contribution in [-0.2, 0) is 10.2 Å². The molecule has 1 N–H and O–H groups in total. The minimum absolute atomic E-state index is 0.107. The number of amides is 1. The normalized spacial score (nSPS) is 11.2. The third-order valence-corrected chi connectivity index (χ3v) is 3.91. The predicted molar refractivity (Wildman–Crippen MR) is 80.2 cm³/mol. The number of carbonyl (C=O) groups is 2. The summed E-state index contributed by atoms with van der Waals surface area (Å²) >= 11 is 1.25. The number of Topliss-reactive ketones (excluding diaryl/α,β-unsaturated/α-hetero) is 1. The molecule has 0 saturated heterocycles. The van der Waals surface area contributed by atoms with Crippen LogP contribution in [-0.4, -0.2) is 16.7 Å². The summed E-state index contributed by atoms with van der Waals surface area (Å²) in [5, 5.41) is 4.87. The van der Waals surface area contributed by atoms with E-state index in [9.17, 15) is 9.59 Å². The SMILES string of the molecule is CC(=O)c1csc(NC(=O)C(C)(C)c2ccccc2)n1. The van der Waals surface area contributed by atoms with Crippen molar-refractivity contribution >= 4 is 28.2 Å². The molecule has 1 aromatic carbocycles. The summed E-state index contributed by atoms with van der Waals surface area (Å²) in [5.41, 5.74) is 0.646. The summed E-state index contributed by atoms with van der Waals surface area (Å²) in [5.74, 6) is -0.253. The zero-order valence-corrected chi connectivity index (χ0v) is 12.5. The van der Waals surface area contributed by atoms with Gasteiger partial charge in [0.1, 0.15) is 5.69 Å². The van der Waals surface area contributed by atoms with Crippen LogP contribution in [0.15, 0.2) is 35.7 Å². The monoisotopic (exact) mass is 288 g/mol. The molecule has 0 fully saturated rings. The Morgan fingerprint density at radius 2 is 1.85 bits per heavy atom. The van der Waals surface area contributed by atoms with Crippen LogP contribution in [0.25, 0.3) is 0 Å². The van der Waals surface area contributed by atoms with Crippen molar-refractivity contribution in [2.45, 2.75) is 26.2 Å². The van der Waals surface area contributed by atoms with Gasteiger partial charge in [0, 0.05) is 12.3 Å². The molecule has 0 aliphatic carbocycles. The Bertz CT molecular complexity index is 632. The number of anilines is 1. The van der Waals surface area contributed by atoms with Crippen molar-refractivity contribution in [3.05, 3.63) is 47.0 Å². The molecule has 0 aliphatic heterocycles. The average molecular weight is 288 g/mol. The number of hydrogen-bond acceptors (Lipinski definition) is 4. The van der Waals surface area contributed by atoms with Gasteiger partial charge in [0.05, 0.1) is 5.41 Å². The maximum absolute atomic E-state index is 12.4. The van der Waals surface area contributed by atoms with E-state index in [1.54, 1.807) is 5.38 Å². The van der Waals surface area contributed by atoms with Gasteiger partial charge in [0.15, 0.2) is 10.9 Å². The van der Waals surface area contributed by atoms with Crippen molar-refractivity contribution in [1.29, 1.82) is 0 Å². The topological polar surface area (TPSA) is 59.1 Å². The molecule has 20 heavy (non-hydrogen) atoms. The fourth-order valence-corrected chi connectivity index (χ4v) is 2.48. The highest BCUT2D eigenvalue weighted by Gasteiger charge is 2.30. The second-order valence-electron chi connectivity index (χ2n) is 5.04. The molecule has 4 nitrogen and oxygen atoms in total. The van der Waals surface area contributed by atoms with E-state index in [0.29, 0.717) is 10.8 Å². The highest BCUT2D eigenvalue weighted by molar-refractivity contribution is 7.14. The lowest BCUT2D eigenvalue weighted by Gasteiger charge is -2.23. The van der Waals surface area contributed by atoms with Gasteiger partial charge in [0.2, 0.25) is 5.91 Å². The summed E-state index contributed by atoms with van der Waals surface area (Å²) in [6.07, 6.45) is 0. The van der Waals surface area contributed by atoms with E-state index in [0.717, 1.165) is 5.56 Å². The Hall–Kier alpha value is -2.01. The first-order valence-electron chi connectivity index (χ1n) is 6.24. The largest absolute Gasteiger partial charge is 0.301 e. The quantitative estimate of drug-likeness (QED) is 0.878. The lowest BCUT2D eigenvalue weighted by Crippen LogP contribution is -2.34. The molecule has 0 atom stereocenters. The molecule has 0 radical (unpaired) electrons. The standard InChI is InChI=1S/C15H16N2O2S/c1-10(18)12-9-20-14(16-12)17-13(19)15(2,3)11-7-5-4-6-8-11/h4-9H,1-3H3,(H,16,17,19). The second-order valence-corrected chi connectivity index (χ2v) is 5.90. The molecular weight excluding hydrogens is 272 g/mol. The molecule has 2 rings (SSSR count). The van der Waals surface area contributed by atoms with E-state index < -0.39 is 5.41 Å². The molecule has 1 aromatic heterocycles. The van der Waals surface area contributed by atoms with Gasteiger partial charge in [-0.3, -0.25) is 9.59 Å². The van der Waals surface area contributed by atoms with Gasteiger partial charge in [-0.2, -0.15) is 0 Å². The molecular formula is C15H16N2O2S. The predicted octanol–water partition coefficient (Wildman–Crippen LogP) is 3.26. The molecule has 2 aromatic rings. The Labute approximate surface area is 121 Å². The first kappa shape index (κ1) is 14.4. The molecule has 5 heteroatoms. The minimum Gasteiger partial charge on any atom is -0.301 e. The number of ketones is 1. The van der Waals surface area contributed by atoms with Gasteiger partial charge in [-0.15, -0.1) is 11.3 Å². The van der Waals surface area contributed by atoms with Crippen LogP contribution in [0, 0.1) is 0 Å². The number of nitrogens with one attached hydrogen (secondary N) is 1. The summed E-state index contributed by atoms with van der Waals surface area (Å²) in [7, 11) is 0. The van der Waals surface area contributed by atoms with Crippen molar-refractivity contribution in [3.63, 3.8) is 0 Å². The number of benzene rings is 1. The van der Waals surface area contributed by atoms with Crippen LogP contribution in [0.1, 0.15) is 36.8 Å². The lowest BCUT2D eigenvalue weighted by molar-refractivity contribution is -0.120. The zero-order chi connectivity index (χ0) is 14.8. The van der Waals surface area contributed by atoms with Crippen molar-refractivity contribution in [3.8, 4) is 0 Å². The molecule has 0 spiro atoms. The molecule has 104 valence electrons. The highest BCUT2D eigenvalue weighted by Crippen LogP contribution is 2.26. The number of hydrogen-bond donors (Lipinski definition) is 1. The fraction of sp³-hybridized carbons (Fsp3) is 0.267. The van der Waals surface area contributed by atoms with Crippen LogP contribution >= 0.6 is 11.3 Å². The summed E-state index contributed by atoms with van der Waals surface area (Å²) in [4.78, 5) is 27.7. The van der Waals surface area contributed by atoms with Crippen LogP contribution in [0.2, 0.25) is 0 Å². The van der Waals surface area contributed by atoms with Gasteiger partial charge in [-0.05, 0) is 19.4 Å². The number of carbonyl (C=O) groups excluding carboxylic acids is 2. The zero-order valence-electron chi connectivity index (χ0n) is 11.6. The third kappa shape index (κ3) is 2.93. The van der Waals surface area contributed by atoms with E-state index in [4.69, 9.17) is 0 Å².